The molecule has 2 N–H and O–H groups in total. The fraction of sp³-hybridized carbons (Fsp3) is 0.258. The van der Waals surface area contributed by atoms with Crippen molar-refractivity contribution >= 4 is 40.3 Å². The Kier molecular flexibility index (Phi) is 7.43. The number of rotatable bonds is 4. The summed E-state index contributed by atoms with van der Waals surface area (Å²) in [6.45, 7) is 2.65. The number of halogens is 4. The van der Waals surface area contributed by atoms with Gasteiger partial charge in [-0.2, -0.15) is 13.2 Å². The van der Waals surface area contributed by atoms with Gasteiger partial charge in [0.05, 0.1) is 27.9 Å². The molecule has 0 aliphatic carbocycles. The van der Waals surface area contributed by atoms with Crippen molar-refractivity contribution in [2.24, 2.45) is 0 Å². The van der Waals surface area contributed by atoms with Crippen LogP contribution in [0, 0.1) is 12.7 Å². The minimum absolute atomic E-state index is 0.0404. The molecule has 43 heavy (non-hydrogen) atoms. The summed E-state index contributed by atoms with van der Waals surface area (Å²) in [5, 5.41) is 12.5. The van der Waals surface area contributed by atoms with Gasteiger partial charge in [0.25, 0.3) is 11.8 Å². The van der Waals surface area contributed by atoms with Crippen LogP contribution in [0.2, 0.25) is 0 Å². The molecule has 1 atom stereocenters. The monoisotopic (exact) mass is 610 g/mol. The van der Waals surface area contributed by atoms with Crippen LogP contribution in [-0.4, -0.2) is 47.6 Å². The maximum absolute atomic E-state index is 14.4. The topological polar surface area (TPSA) is 85.8 Å². The Labute approximate surface area is 248 Å². The van der Waals surface area contributed by atoms with Crippen molar-refractivity contribution in [2.75, 3.05) is 34.8 Å². The second-order valence-electron chi connectivity index (χ2n) is 10.6. The van der Waals surface area contributed by atoms with Gasteiger partial charge in [0, 0.05) is 30.1 Å². The Morgan fingerprint density at radius 1 is 1.07 bits per heavy atom. The van der Waals surface area contributed by atoms with E-state index in [9.17, 15) is 32.3 Å². The number of anilines is 3. The quantitative estimate of drug-likeness (QED) is 0.265. The minimum atomic E-state index is -4.65. The Balaban J connectivity index is 1.37. The Bertz CT molecular complexity index is 1720. The largest absolute Gasteiger partial charge is 0.416 e. The summed E-state index contributed by atoms with van der Waals surface area (Å²) in [6, 6.07) is 14.2. The van der Waals surface area contributed by atoms with Crippen LogP contribution in [-0.2, 0) is 12.6 Å². The lowest BCUT2D eigenvalue weighted by molar-refractivity contribution is -0.137. The van der Waals surface area contributed by atoms with Gasteiger partial charge in [0.15, 0.2) is 0 Å². The second-order valence-corrected chi connectivity index (χ2v) is 11.6. The first-order chi connectivity index (χ1) is 20.5. The number of aliphatic hydroxyl groups excluding tert-OH is 1. The fourth-order valence-corrected chi connectivity index (χ4v) is 6.55. The number of fused-ring (bicyclic) bond motifs is 3. The predicted molar refractivity (Wildman–Crippen MR) is 156 cm³/mol. The normalized spacial score (nSPS) is 16.5. The van der Waals surface area contributed by atoms with E-state index in [0.29, 0.717) is 46.9 Å². The SMILES string of the molecule is Cc1cccc(F)c1NC(=O)c1cc2c(s1)-c1ccc(C(F)(F)F)cc1N(C(=O)c1cccc(N3CC[C@H](O)C3)n1)CC2. The number of nitrogens with one attached hydrogen (secondary N) is 1. The van der Waals surface area contributed by atoms with Crippen molar-refractivity contribution in [3.63, 3.8) is 0 Å². The number of para-hydroxylation sites is 1. The fourth-order valence-electron chi connectivity index (χ4n) is 5.41. The number of alkyl halides is 3. The highest BCUT2D eigenvalue weighted by molar-refractivity contribution is 7.17. The van der Waals surface area contributed by atoms with Gasteiger partial charge < -0.3 is 20.2 Å². The van der Waals surface area contributed by atoms with E-state index in [-0.39, 0.29) is 34.9 Å². The van der Waals surface area contributed by atoms with Crippen molar-refractivity contribution in [1.29, 1.82) is 0 Å². The third-order valence-electron chi connectivity index (χ3n) is 7.64. The van der Waals surface area contributed by atoms with Crippen LogP contribution in [0.4, 0.5) is 34.8 Å². The lowest BCUT2D eigenvalue weighted by Gasteiger charge is -2.24. The van der Waals surface area contributed by atoms with Crippen LogP contribution in [0.1, 0.15) is 43.3 Å². The van der Waals surface area contributed by atoms with E-state index in [4.69, 9.17) is 0 Å². The number of pyridine rings is 1. The van der Waals surface area contributed by atoms with E-state index in [1.165, 1.54) is 29.2 Å². The highest BCUT2D eigenvalue weighted by atomic mass is 32.1. The Morgan fingerprint density at radius 3 is 2.58 bits per heavy atom. The van der Waals surface area contributed by atoms with Gasteiger partial charge in [-0.1, -0.05) is 24.3 Å². The molecule has 7 nitrogen and oxygen atoms in total. The van der Waals surface area contributed by atoms with Gasteiger partial charge in [-0.15, -0.1) is 11.3 Å². The maximum atomic E-state index is 14.4. The molecule has 2 amide bonds. The summed E-state index contributed by atoms with van der Waals surface area (Å²) in [5.74, 6) is -1.18. The van der Waals surface area contributed by atoms with Crippen molar-refractivity contribution in [2.45, 2.75) is 32.0 Å². The second kappa shape index (κ2) is 11.1. The zero-order chi connectivity index (χ0) is 30.5. The Hall–Kier alpha value is -4.29. The number of aryl methyl sites for hydroxylation is 1. The minimum Gasteiger partial charge on any atom is -0.391 e. The third kappa shape index (κ3) is 5.59. The van der Waals surface area contributed by atoms with Crippen LogP contribution in [0.15, 0.2) is 60.7 Å². The summed E-state index contributed by atoms with van der Waals surface area (Å²) in [6.07, 6.45) is -4.31. The molecule has 0 radical (unpaired) electrons. The number of aromatic nitrogens is 1. The molecule has 222 valence electrons. The molecule has 0 saturated carbocycles. The molecule has 2 aromatic carbocycles. The third-order valence-corrected chi connectivity index (χ3v) is 8.85. The summed E-state index contributed by atoms with van der Waals surface area (Å²) in [4.78, 5) is 35.4. The number of β-amino-alcohol motifs (C(OH)–C–C–N with tert-alkyl or cyclic N) is 1. The van der Waals surface area contributed by atoms with Gasteiger partial charge in [0.2, 0.25) is 0 Å². The zero-order valence-electron chi connectivity index (χ0n) is 22.9. The average Bonchev–Trinajstić information content (AvgIpc) is 3.58. The summed E-state index contributed by atoms with van der Waals surface area (Å²) in [5.41, 5.74) is 0.868. The molecule has 12 heteroatoms. The van der Waals surface area contributed by atoms with E-state index in [1.807, 2.05) is 4.90 Å². The number of benzene rings is 2. The van der Waals surface area contributed by atoms with Gasteiger partial charge >= 0.3 is 6.18 Å². The maximum Gasteiger partial charge on any atom is 0.416 e. The van der Waals surface area contributed by atoms with Gasteiger partial charge in [-0.05, 0) is 67.3 Å². The number of amides is 2. The molecule has 0 unspecified atom stereocenters. The molecule has 6 rings (SSSR count). The number of nitrogens with zero attached hydrogens (tertiary/aromatic N) is 3. The predicted octanol–water partition coefficient (Wildman–Crippen LogP) is 6.30. The van der Waals surface area contributed by atoms with Gasteiger partial charge in [0.1, 0.15) is 17.3 Å². The highest BCUT2D eigenvalue weighted by Crippen LogP contribution is 2.44. The molecule has 2 aromatic heterocycles. The summed E-state index contributed by atoms with van der Waals surface area (Å²) in [7, 11) is 0. The first-order valence-electron chi connectivity index (χ1n) is 13.6. The molecule has 2 aliphatic heterocycles. The highest BCUT2D eigenvalue weighted by Gasteiger charge is 2.35. The zero-order valence-corrected chi connectivity index (χ0v) is 23.7. The van der Waals surface area contributed by atoms with E-state index in [2.05, 4.69) is 10.3 Å². The van der Waals surface area contributed by atoms with E-state index < -0.39 is 35.5 Å². The average molecular weight is 611 g/mol. The molecule has 0 spiro atoms. The van der Waals surface area contributed by atoms with E-state index in [1.54, 1.807) is 31.2 Å². The smallest absolute Gasteiger partial charge is 0.391 e. The summed E-state index contributed by atoms with van der Waals surface area (Å²) >= 11 is 1.07. The first kappa shape index (κ1) is 28.8. The molecule has 2 aliphatic rings. The molecule has 1 saturated heterocycles. The number of aliphatic hydroxyl groups is 1. The molecular weight excluding hydrogens is 584 g/mol. The van der Waals surface area contributed by atoms with E-state index in [0.717, 1.165) is 23.5 Å². The molecule has 4 heterocycles. The van der Waals surface area contributed by atoms with Crippen molar-refractivity contribution in [3.05, 3.63) is 93.7 Å². The number of hydrogen-bond acceptors (Lipinski definition) is 6. The summed E-state index contributed by atoms with van der Waals surface area (Å²) < 4.78 is 55.8. The molecular formula is C31H26F4N4O3S. The van der Waals surface area contributed by atoms with Crippen LogP contribution in [0.3, 0.4) is 0 Å². The van der Waals surface area contributed by atoms with Crippen LogP contribution in [0.5, 0.6) is 0 Å². The molecule has 4 aromatic rings. The number of hydrogen-bond donors (Lipinski definition) is 2. The number of carbonyl (C=O) groups is 2. The standard InChI is InChI=1S/C31H26F4N4O3S/c1-17-4-2-5-22(32)27(17)37-29(41)25-14-18-10-13-39(24-15-19(31(33,34)35)8-9-21(24)28(18)43-25)30(42)23-6-3-7-26(36-23)38-12-11-20(40)16-38/h2-9,14-15,20,40H,10-13,16H2,1H3,(H,37,41)/t20-/m0/s1. The van der Waals surface area contributed by atoms with Gasteiger partial charge in [-0.25, -0.2) is 9.37 Å². The lowest BCUT2D eigenvalue weighted by atomic mass is 10.0. The molecule has 1 fully saturated rings. The van der Waals surface area contributed by atoms with Gasteiger partial charge in [-0.3, -0.25) is 9.59 Å². The van der Waals surface area contributed by atoms with Crippen LogP contribution < -0.4 is 15.1 Å². The van der Waals surface area contributed by atoms with E-state index >= 15 is 0 Å². The van der Waals surface area contributed by atoms with Crippen molar-refractivity contribution in [3.8, 4) is 10.4 Å². The van der Waals surface area contributed by atoms with Crippen LogP contribution >= 0.6 is 11.3 Å². The first-order valence-corrected chi connectivity index (χ1v) is 14.4. The molecule has 0 bridgehead atoms. The van der Waals surface area contributed by atoms with Crippen molar-refractivity contribution in [1.82, 2.24) is 4.98 Å². The Morgan fingerprint density at radius 2 is 1.86 bits per heavy atom. The number of thiophene rings is 1. The number of carbonyl (C=O) groups excluding carboxylic acids is 2. The lowest BCUT2D eigenvalue weighted by Crippen LogP contribution is -2.34. The van der Waals surface area contributed by atoms with Crippen LogP contribution in [0.25, 0.3) is 10.4 Å². The van der Waals surface area contributed by atoms with Crippen molar-refractivity contribution < 1.29 is 32.3 Å².